The Kier molecular flexibility index (Phi) is 8.06. The summed E-state index contributed by atoms with van der Waals surface area (Å²) in [6.07, 6.45) is 4.78. The molecule has 0 unspecified atom stereocenters. The number of ether oxygens (including phenoxy) is 2. The van der Waals surface area contributed by atoms with Crippen LogP contribution in [-0.2, 0) is 0 Å². The molecule has 1 aromatic rings. The average Bonchev–Trinajstić information content (AvgIpc) is 2.42. The summed E-state index contributed by atoms with van der Waals surface area (Å²) < 4.78 is 10.7. The van der Waals surface area contributed by atoms with Gasteiger partial charge in [-0.3, -0.25) is 0 Å². The van der Waals surface area contributed by atoms with E-state index in [4.69, 9.17) is 9.47 Å². The van der Waals surface area contributed by atoms with Crippen molar-refractivity contribution >= 4 is 0 Å². The summed E-state index contributed by atoms with van der Waals surface area (Å²) in [5.41, 5.74) is 0. The van der Waals surface area contributed by atoms with Gasteiger partial charge in [0.15, 0.2) is 0 Å². The van der Waals surface area contributed by atoms with Gasteiger partial charge in [0, 0.05) is 0 Å². The highest BCUT2D eigenvalue weighted by Crippen LogP contribution is 2.17. The predicted octanol–water partition coefficient (Wildman–Crippen LogP) is 3.24. The van der Waals surface area contributed by atoms with E-state index in [1.165, 1.54) is 19.3 Å². The molecule has 0 aromatic heterocycles. The molecular formula is C15H25NO2. The molecule has 0 saturated heterocycles. The van der Waals surface area contributed by atoms with Crippen molar-refractivity contribution in [2.75, 3.05) is 26.8 Å². The number of nitrogens with one attached hydrogen (secondary N) is 1. The summed E-state index contributed by atoms with van der Waals surface area (Å²) in [6, 6.07) is 7.72. The number of hydrogen-bond donors (Lipinski definition) is 1. The van der Waals surface area contributed by atoms with Gasteiger partial charge in [0.05, 0.1) is 13.7 Å². The molecule has 0 aliphatic heterocycles. The minimum atomic E-state index is 0.780. The third-order valence-electron chi connectivity index (χ3n) is 2.78. The van der Waals surface area contributed by atoms with E-state index in [0.717, 1.165) is 37.6 Å². The Morgan fingerprint density at radius 3 is 2.28 bits per heavy atom. The SMILES string of the molecule is CCCCNCCCCOc1ccc(OC)cc1. The summed E-state index contributed by atoms with van der Waals surface area (Å²) in [6.45, 7) is 5.22. The number of rotatable bonds is 10. The molecule has 102 valence electrons. The highest BCUT2D eigenvalue weighted by molar-refractivity contribution is 5.31. The van der Waals surface area contributed by atoms with Gasteiger partial charge in [-0.05, 0) is 56.6 Å². The summed E-state index contributed by atoms with van der Waals surface area (Å²) in [5.74, 6) is 1.78. The minimum Gasteiger partial charge on any atom is -0.497 e. The summed E-state index contributed by atoms with van der Waals surface area (Å²) in [4.78, 5) is 0. The van der Waals surface area contributed by atoms with Crippen LogP contribution in [0.4, 0.5) is 0 Å². The van der Waals surface area contributed by atoms with E-state index in [0.29, 0.717) is 0 Å². The molecule has 0 radical (unpaired) electrons. The van der Waals surface area contributed by atoms with Crippen molar-refractivity contribution in [2.45, 2.75) is 32.6 Å². The first-order chi connectivity index (χ1) is 8.86. The molecule has 1 N–H and O–H groups in total. The van der Waals surface area contributed by atoms with Gasteiger partial charge in [0.1, 0.15) is 11.5 Å². The van der Waals surface area contributed by atoms with Gasteiger partial charge < -0.3 is 14.8 Å². The smallest absolute Gasteiger partial charge is 0.119 e. The molecular weight excluding hydrogens is 226 g/mol. The van der Waals surface area contributed by atoms with Gasteiger partial charge in [-0.1, -0.05) is 13.3 Å². The van der Waals surface area contributed by atoms with Crippen molar-refractivity contribution in [3.8, 4) is 11.5 Å². The predicted molar refractivity (Wildman–Crippen MR) is 75.5 cm³/mol. The van der Waals surface area contributed by atoms with Gasteiger partial charge in [0.25, 0.3) is 0 Å². The number of hydrogen-bond acceptors (Lipinski definition) is 3. The molecule has 18 heavy (non-hydrogen) atoms. The van der Waals surface area contributed by atoms with E-state index >= 15 is 0 Å². The van der Waals surface area contributed by atoms with Gasteiger partial charge in [-0.25, -0.2) is 0 Å². The highest BCUT2D eigenvalue weighted by Gasteiger charge is 1.95. The second kappa shape index (κ2) is 9.77. The first-order valence-corrected chi connectivity index (χ1v) is 6.84. The second-order valence-corrected chi connectivity index (χ2v) is 4.33. The summed E-state index contributed by atoms with van der Waals surface area (Å²) in [5, 5.41) is 3.43. The molecule has 1 rings (SSSR count). The average molecular weight is 251 g/mol. The molecule has 0 atom stereocenters. The number of unbranched alkanes of at least 4 members (excludes halogenated alkanes) is 2. The Bertz CT molecular complexity index is 298. The highest BCUT2D eigenvalue weighted by atomic mass is 16.5. The molecule has 3 heteroatoms. The first-order valence-electron chi connectivity index (χ1n) is 6.84. The Morgan fingerprint density at radius 2 is 1.61 bits per heavy atom. The van der Waals surface area contributed by atoms with Crippen LogP contribution in [0.5, 0.6) is 11.5 Å². The van der Waals surface area contributed by atoms with Crippen LogP contribution in [0.2, 0.25) is 0 Å². The molecule has 0 fully saturated rings. The molecule has 0 bridgehead atoms. The molecule has 3 nitrogen and oxygen atoms in total. The maximum atomic E-state index is 5.65. The lowest BCUT2D eigenvalue weighted by Crippen LogP contribution is -2.17. The van der Waals surface area contributed by atoms with Crippen LogP contribution in [0, 0.1) is 0 Å². The number of benzene rings is 1. The first kappa shape index (κ1) is 14.8. The topological polar surface area (TPSA) is 30.5 Å². The monoisotopic (exact) mass is 251 g/mol. The fourth-order valence-corrected chi connectivity index (χ4v) is 1.64. The van der Waals surface area contributed by atoms with E-state index in [1.807, 2.05) is 24.3 Å². The summed E-state index contributed by atoms with van der Waals surface area (Å²) >= 11 is 0. The third kappa shape index (κ3) is 6.50. The maximum Gasteiger partial charge on any atom is 0.119 e. The van der Waals surface area contributed by atoms with Crippen LogP contribution in [0.15, 0.2) is 24.3 Å². The lowest BCUT2D eigenvalue weighted by molar-refractivity contribution is 0.305. The van der Waals surface area contributed by atoms with Crippen molar-refractivity contribution in [3.05, 3.63) is 24.3 Å². The third-order valence-corrected chi connectivity index (χ3v) is 2.78. The Morgan fingerprint density at radius 1 is 0.944 bits per heavy atom. The molecule has 0 amide bonds. The van der Waals surface area contributed by atoms with Crippen molar-refractivity contribution in [2.24, 2.45) is 0 Å². The zero-order valence-corrected chi connectivity index (χ0v) is 11.6. The van der Waals surface area contributed by atoms with E-state index in [1.54, 1.807) is 7.11 Å². The largest absolute Gasteiger partial charge is 0.497 e. The maximum absolute atomic E-state index is 5.65. The van der Waals surface area contributed by atoms with Gasteiger partial charge in [-0.2, -0.15) is 0 Å². The Hall–Kier alpha value is -1.22. The molecule has 0 saturated carbocycles. The Balaban J connectivity index is 2.00. The van der Waals surface area contributed by atoms with E-state index in [9.17, 15) is 0 Å². The van der Waals surface area contributed by atoms with Crippen LogP contribution < -0.4 is 14.8 Å². The minimum absolute atomic E-state index is 0.780. The van der Waals surface area contributed by atoms with Gasteiger partial charge in [0.2, 0.25) is 0 Å². The van der Waals surface area contributed by atoms with Crippen LogP contribution >= 0.6 is 0 Å². The molecule has 1 aromatic carbocycles. The Labute approximate surface area is 110 Å². The fourth-order valence-electron chi connectivity index (χ4n) is 1.64. The van der Waals surface area contributed by atoms with Crippen molar-refractivity contribution < 1.29 is 9.47 Å². The zero-order valence-electron chi connectivity index (χ0n) is 11.6. The van der Waals surface area contributed by atoms with E-state index in [-0.39, 0.29) is 0 Å². The molecule has 0 aliphatic rings. The van der Waals surface area contributed by atoms with Crippen LogP contribution in [0.25, 0.3) is 0 Å². The molecule has 0 spiro atoms. The quantitative estimate of drug-likeness (QED) is 0.648. The normalized spacial score (nSPS) is 10.3. The second-order valence-electron chi connectivity index (χ2n) is 4.33. The van der Waals surface area contributed by atoms with E-state index in [2.05, 4.69) is 12.2 Å². The zero-order chi connectivity index (χ0) is 13.1. The van der Waals surface area contributed by atoms with Gasteiger partial charge in [-0.15, -0.1) is 0 Å². The summed E-state index contributed by atoms with van der Waals surface area (Å²) in [7, 11) is 1.67. The standard InChI is InChI=1S/C15H25NO2/c1-3-4-11-16-12-5-6-13-18-15-9-7-14(17-2)8-10-15/h7-10,16H,3-6,11-13H2,1-2H3. The molecule has 0 aliphatic carbocycles. The fraction of sp³-hybridized carbons (Fsp3) is 0.600. The van der Waals surface area contributed by atoms with Crippen molar-refractivity contribution in [1.29, 1.82) is 0 Å². The van der Waals surface area contributed by atoms with Crippen LogP contribution in [0.1, 0.15) is 32.6 Å². The lowest BCUT2D eigenvalue weighted by atomic mass is 10.3. The van der Waals surface area contributed by atoms with E-state index < -0.39 is 0 Å². The molecule has 0 heterocycles. The van der Waals surface area contributed by atoms with Crippen LogP contribution in [-0.4, -0.2) is 26.8 Å². The van der Waals surface area contributed by atoms with Crippen LogP contribution in [0.3, 0.4) is 0 Å². The lowest BCUT2D eigenvalue weighted by Gasteiger charge is -2.07. The van der Waals surface area contributed by atoms with Crippen molar-refractivity contribution in [3.63, 3.8) is 0 Å². The van der Waals surface area contributed by atoms with Crippen molar-refractivity contribution in [1.82, 2.24) is 5.32 Å². The van der Waals surface area contributed by atoms with Gasteiger partial charge >= 0.3 is 0 Å². The number of methoxy groups -OCH3 is 1.